The Bertz CT molecular complexity index is 306. The van der Waals surface area contributed by atoms with Gasteiger partial charge in [-0.1, -0.05) is 13.8 Å². The molecular formula is C12H22N2O4. The molecule has 0 aliphatic carbocycles. The number of carbonyl (C=O) groups excluding carboxylic acids is 1. The third-order valence-corrected chi connectivity index (χ3v) is 3.21. The number of amides is 2. The van der Waals surface area contributed by atoms with E-state index in [-0.39, 0.29) is 18.1 Å². The Balaban J connectivity index is 2.55. The van der Waals surface area contributed by atoms with Crippen LogP contribution in [0.5, 0.6) is 0 Å². The normalized spacial score (nSPS) is 21.8. The summed E-state index contributed by atoms with van der Waals surface area (Å²) in [6.45, 7) is 4.71. The van der Waals surface area contributed by atoms with Crippen molar-refractivity contribution in [1.82, 2.24) is 10.2 Å². The Hall–Kier alpha value is -1.30. The zero-order chi connectivity index (χ0) is 13.7. The van der Waals surface area contributed by atoms with Gasteiger partial charge in [0.2, 0.25) is 0 Å². The highest BCUT2D eigenvalue weighted by Crippen LogP contribution is 2.13. The minimum absolute atomic E-state index is 0.0480. The van der Waals surface area contributed by atoms with E-state index in [1.165, 1.54) is 0 Å². The van der Waals surface area contributed by atoms with Crippen molar-refractivity contribution in [3.8, 4) is 0 Å². The lowest BCUT2D eigenvalue weighted by molar-refractivity contribution is -0.140. The van der Waals surface area contributed by atoms with E-state index in [4.69, 9.17) is 9.84 Å². The molecule has 0 aromatic heterocycles. The maximum absolute atomic E-state index is 12.0. The van der Waals surface area contributed by atoms with Gasteiger partial charge in [-0.25, -0.2) is 9.59 Å². The van der Waals surface area contributed by atoms with Gasteiger partial charge in [-0.15, -0.1) is 0 Å². The first kappa shape index (κ1) is 14.8. The molecule has 1 rings (SSSR count). The number of nitrogens with one attached hydrogen (secondary N) is 1. The van der Waals surface area contributed by atoms with Crippen molar-refractivity contribution in [2.75, 3.05) is 20.2 Å². The van der Waals surface area contributed by atoms with Gasteiger partial charge in [0.05, 0.1) is 6.10 Å². The van der Waals surface area contributed by atoms with E-state index in [9.17, 15) is 9.59 Å². The highest BCUT2D eigenvalue weighted by atomic mass is 16.5. The van der Waals surface area contributed by atoms with Gasteiger partial charge < -0.3 is 20.1 Å². The molecule has 0 saturated carbocycles. The summed E-state index contributed by atoms with van der Waals surface area (Å²) in [5, 5.41) is 11.6. The van der Waals surface area contributed by atoms with Crippen LogP contribution in [0.4, 0.5) is 4.79 Å². The summed E-state index contributed by atoms with van der Waals surface area (Å²) >= 11 is 0. The van der Waals surface area contributed by atoms with E-state index >= 15 is 0 Å². The van der Waals surface area contributed by atoms with Crippen molar-refractivity contribution in [3.63, 3.8) is 0 Å². The number of ether oxygens (including phenoxy) is 1. The van der Waals surface area contributed by atoms with Crippen LogP contribution in [0.25, 0.3) is 0 Å². The van der Waals surface area contributed by atoms with Gasteiger partial charge in [-0.05, 0) is 18.8 Å². The molecule has 0 bridgehead atoms. The number of likely N-dealkylation sites (tertiary alicyclic amines) is 1. The fraction of sp³-hybridized carbons (Fsp3) is 0.833. The van der Waals surface area contributed by atoms with Gasteiger partial charge in [-0.3, -0.25) is 0 Å². The Morgan fingerprint density at radius 3 is 2.61 bits per heavy atom. The van der Waals surface area contributed by atoms with E-state index in [0.29, 0.717) is 13.1 Å². The molecule has 1 aliphatic heterocycles. The fourth-order valence-electron chi connectivity index (χ4n) is 2.05. The first-order chi connectivity index (χ1) is 8.45. The van der Waals surface area contributed by atoms with Crippen molar-refractivity contribution in [2.24, 2.45) is 5.92 Å². The van der Waals surface area contributed by atoms with Crippen LogP contribution in [0.15, 0.2) is 0 Å². The summed E-state index contributed by atoms with van der Waals surface area (Å²) in [6.07, 6.45) is 1.87. The van der Waals surface area contributed by atoms with Crippen molar-refractivity contribution < 1.29 is 19.4 Å². The van der Waals surface area contributed by atoms with Crippen LogP contribution in [-0.4, -0.2) is 54.4 Å². The zero-order valence-electron chi connectivity index (χ0n) is 11.2. The molecule has 1 saturated heterocycles. The molecule has 2 amide bonds. The largest absolute Gasteiger partial charge is 0.480 e. The maximum atomic E-state index is 12.0. The minimum Gasteiger partial charge on any atom is -0.480 e. The standard InChI is InChI=1S/C12H22N2O4/c1-8(2)10(11(15)16)13-12(17)14-6-4-5-9(7-14)18-3/h8-10H,4-7H2,1-3H3,(H,13,17)(H,15,16)/t9?,10-/m1/s1. The van der Waals surface area contributed by atoms with Crippen molar-refractivity contribution in [1.29, 1.82) is 0 Å². The van der Waals surface area contributed by atoms with Gasteiger partial charge in [0, 0.05) is 20.2 Å². The Morgan fingerprint density at radius 1 is 1.44 bits per heavy atom. The van der Waals surface area contributed by atoms with Crippen LogP contribution in [0.2, 0.25) is 0 Å². The van der Waals surface area contributed by atoms with Crippen LogP contribution in [0, 0.1) is 5.92 Å². The van der Waals surface area contributed by atoms with Crippen LogP contribution in [-0.2, 0) is 9.53 Å². The molecule has 104 valence electrons. The van der Waals surface area contributed by atoms with Crippen molar-refractivity contribution >= 4 is 12.0 Å². The lowest BCUT2D eigenvalue weighted by Crippen LogP contribution is -2.53. The minimum atomic E-state index is -1.00. The summed E-state index contributed by atoms with van der Waals surface area (Å²) in [5.74, 6) is -1.15. The SMILES string of the molecule is COC1CCCN(C(=O)N[C@@H](C(=O)O)C(C)C)C1. The maximum Gasteiger partial charge on any atom is 0.326 e. The average molecular weight is 258 g/mol. The zero-order valence-corrected chi connectivity index (χ0v) is 11.2. The predicted molar refractivity (Wildman–Crippen MR) is 66.4 cm³/mol. The Morgan fingerprint density at radius 2 is 2.11 bits per heavy atom. The smallest absolute Gasteiger partial charge is 0.326 e. The van der Waals surface area contributed by atoms with E-state index in [1.807, 2.05) is 0 Å². The topological polar surface area (TPSA) is 78.9 Å². The summed E-state index contributed by atoms with van der Waals surface area (Å²) in [5.41, 5.74) is 0. The second kappa shape index (κ2) is 6.58. The number of piperidine rings is 1. The molecule has 0 aromatic carbocycles. The van der Waals surface area contributed by atoms with Gasteiger partial charge in [-0.2, -0.15) is 0 Å². The number of rotatable bonds is 4. The first-order valence-electron chi connectivity index (χ1n) is 6.26. The fourth-order valence-corrected chi connectivity index (χ4v) is 2.05. The van der Waals surface area contributed by atoms with Crippen LogP contribution in [0.1, 0.15) is 26.7 Å². The van der Waals surface area contributed by atoms with E-state index in [0.717, 1.165) is 12.8 Å². The second-order valence-electron chi connectivity index (χ2n) is 4.96. The summed E-state index contributed by atoms with van der Waals surface area (Å²) in [6, 6.07) is -1.17. The molecule has 2 N–H and O–H groups in total. The summed E-state index contributed by atoms with van der Waals surface area (Å²) in [7, 11) is 1.63. The number of carboxylic acids is 1. The lowest BCUT2D eigenvalue weighted by Gasteiger charge is -2.33. The van der Waals surface area contributed by atoms with E-state index < -0.39 is 12.0 Å². The predicted octanol–water partition coefficient (Wildman–Crippen LogP) is 0.916. The highest BCUT2D eigenvalue weighted by molar-refractivity contribution is 5.82. The van der Waals surface area contributed by atoms with Crippen LogP contribution < -0.4 is 5.32 Å². The molecule has 0 radical (unpaired) electrons. The molecular weight excluding hydrogens is 236 g/mol. The average Bonchev–Trinajstić information content (AvgIpc) is 2.34. The number of carbonyl (C=O) groups is 2. The van der Waals surface area contributed by atoms with Crippen molar-refractivity contribution in [2.45, 2.75) is 38.8 Å². The van der Waals surface area contributed by atoms with Crippen molar-refractivity contribution in [3.05, 3.63) is 0 Å². The number of hydrogen-bond donors (Lipinski definition) is 2. The Labute approximate surface area is 107 Å². The molecule has 6 nitrogen and oxygen atoms in total. The monoisotopic (exact) mass is 258 g/mol. The second-order valence-corrected chi connectivity index (χ2v) is 4.96. The quantitative estimate of drug-likeness (QED) is 0.785. The number of aliphatic carboxylic acids is 1. The third-order valence-electron chi connectivity index (χ3n) is 3.21. The molecule has 0 spiro atoms. The van der Waals surface area contributed by atoms with Gasteiger partial charge in [0.15, 0.2) is 0 Å². The molecule has 6 heteroatoms. The molecule has 1 heterocycles. The summed E-state index contributed by atoms with van der Waals surface area (Å²) in [4.78, 5) is 24.6. The number of urea groups is 1. The van der Waals surface area contributed by atoms with Crippen LogP contribution >= 0.6 is 0 Å². The van der Waals surface area contributed by atoms with Gasteiger partial charge in [0.25, 0.3) is 0 Å². The molecule has 18 heavy (non-hydrogen) atoms. The molecule has 2 atom stereocenters. The lowest BCUT2D eigenvalue weighted by atomic mass is 10.0. The van der Waals surface area contributed by atoms with Gasteiger partial charge in [0.1, 0.15) is 6.04 Å². The number of methoxy groups -OCH3 is 1. The molecule has 1 unspecified atom stereocenters. The first-order valence-corrected chi connectivity index (χ1v) is 6.26. The molecule has 0 aromatic rings. The summed E-state index contributed by atoms with van der Waals surface area (Å²) < 4.78 is 5.23. The third kappa shape index (κ3) is 3.87. The van der Waals surface area contributed by atoms with Gasteiger partial charge >= 0.3 is 12.0 Å². The number of hydrogen-bond acceptors (Lipinski definition) is 3. The highest BCUT2D eigenvalue weighted by Gasteiger charge is 2.28. The van der Waals surface area contributed by atoms with Crippen LogP contribution in [0.3, 0.4) is 0 Å². The molecule has 1 fully saturated rings. The van der Waals surface area contributed by atoms with E-state index in [2.05, 4.69) is 5.32 Å². The van der Waals surface area contributed by atoms with E-state index in [1.54, 1.807) is 25.9 Å². The number of carboxylic acid groups (broad SMARTS) is 1. The molecule has 1 aliphatic rings. The Kier molecular flexibility index (Phi) is 5.40. The number of nitrogens with zero attached hydrogens (tertiary/aromatic N) is 1.